The summed E-state index contributed by atoms with van der Waals surface area (Å²) >= 11 is 1.39. The second-order valence-electron chi connectivity index (χ2n) is 9.47. The van der Waals surface area contributed by atoms with Gasteiger partial charge in [-0.2, -0.15) is 0 Å². The number of nitrogens with one attached hydrogen (secondary N) is 2. The van der Waals surface area contributed by atoms with Crippen LogP contribution in [0.2, 0.25) is 0 Å². The Morgan fingerprint density at radius 3 is 2.55 bits per heavy atom. The summed E-state index contributed by atoms with van der Waals surface area (Å²) in [5, 5.41) is 6.46. The van der Waals surface area contributed by atoms with E-state index >= 15 is 0 Å². The summed E-state index contributed by atoms with van der Waals surface area (Å²) < 4.78 is 5.32. The van der Waals surface area contributed by atoms with Crippen molar-refractivity contribution in [2.45, 2.75) is 19.8 Å². The van der Waals surface area contributed by atoms with E-state index in [2.05, 4.69) is 25.6 Å². The molecule has 4 amide bonds. The number of benzene rings is 1. The third-order valence-corrected chi connectivity index (χ3v) is 7.38. The van der Waals surface area contributed by atoms with Gasteiger partial charge in [-0.05, 0) is 44.0 Å². The van der Waals surface area contributed by atoms with Crippen molar-refractivity contribution in [3.8, 4) is 0 Å². The van der Waals surface area contributed by atoms with E-state index in [4.69, 9.17) is 10.5 Å². The maximum atomic E-state index is 12.8. The summed E-state index contributed by atoms with van der Waals surface area (Å²) in [6, 6.07) is 8.37. The fourth-order valence-electron chi connectivity index (χ4n) is 4.53. The number of hydrogen-bond acceptors (Lipinski definition) is 9. The van der Waals surface area contributed by atoms with Crippen LogP contribution in [0.15, 0.2) is 47.7 Å². The monoisotopic (exact) mass is 562 g/mol. The van der Waals surface area contributed by atoms with Gasteiger partial charge in [0.2, 0.25) is 0 Å². The highest BCUT2D eigenvalue weighted by Gasteiger charge is 2.21. The number of amides is 4. The second kappa shape index (κ2) is 12.2. The third-order valence-electron chi connectivity index (χ3n) is 6.55. The first-order chi connectivity index (χ1) is 19.4. The van der Waals surface area contributed by atoms with Gasteiger partial charge in [0, 0.05) is 59.9 Å². The molecule has 0 spiro atoms. The predicted octanol–water partition coefficient (Wildman–Crippen LogP) is 3.43. The number of aliphatic imine (C=N–C) groups is 1. The highest BCUT2D eigenvalue weighted by Crippen LogP contribution is 2.27. The van der Waals surface area contributed by atoms with Gasteiger partial charge < -0.3 is 25.6 Å². The van der Waals surface area contributed by atoms with Crippen molar-refractivity contribution in [2.24, 2.45) is 10.7 Å². The van der Waals surface area contributed by atoms with Crippen molar-refractivity contribution in [3.05, 3.63) is 58.7 Å². The molecular weight excluding hydrogens is 532 g/mol. The van der Waals surface area contributed by atoms with E-state index < -0.39 is 11.9 Å². The molecule has 0 bridgehead atoms. The molecule has 0 radical (unpaired) electrons. The number of thiazole rings is 1. The number of aromatic nitrogens is 2. The van der Waals surface area contributed by atoms with Crippen molar-refractivity contribution in [1.29, 1.82) is 0 Å². The molecule has 12 nitrogen and oxygen atoms in total. The number of urea groups is 1. The third kappa shape index (κ3) is 6.61. The number of primary amides is 1. The Bertz CT molecular complexity index is 1430. The lowest BCUT2D eigenvalue weighted by atomic mass is 10.1. The lowest BCUT2D eigenvalue weighted by molar-refractivity contribution is 0.0303. The smallest absolute Gasteiger partial charge is 0.347 e. The summed E-state index contributed by atoms with van der Waals surface area (Å²) in [6.07, 6.45) is 4.63. The molecule has 1 aromatic carbocycles. The number of morpholine rings is 1. The van der Waals surface area contributed by atoms with Crippen LogP contribution >= 0.6 is 11.3 Å². The summed E-state index contributed by atoms with van der Waals surface area (Å²) in [4.78, 5) is 54.9. The molecule has 2 saturated heterocycles. The zero-order valence-corrected chi connectivity index (χ0v) is 22.9. The molecule has 0 aliphatic carbocycles. The lowest BCUT2D eigenvalue weighted by Gasteiger charge is -2.29. The van der Waals surface area contributed by atoms with E-state index in [1.807, 2.05) is 11.8 Å². The van der Waals surface area contributed by atoms with Crippen LogP contribution in [-0.2, 0) is 4.74 Å². The molecule has 3 aromatic rings. The van der Waals surface area contributed by atoms with E-state index in [1.54, 1.807) is 41.4 Å². The molecule has 2 fully saturated rings. The summed E-state index contributed by atoms with van der Waals surface area (Å²) in [7, 11) is 0. The van der Waals surface area contributed by atoms with Crippen LogP contribution < -0.4 is 21.3 Å². The van der Waals surface area contributed by atoms with Gasteiger partial charge in [-0.1, -0.05) is 0 Å². The SMILES string of the molecule is Cc1cnc(NC(=O)/N=C2\CCCN(c3cc(Nc4ccc(C(=O)N5CCOCC5)cc4)c(C(N)=O)cn3)C2)s1. The van der Waals surface area contributed by atoms with Crippen LogP contribution in [0.4, 0.5) is 27.1 Å². The Kier molecular flexibility index (Phi) is 8.31. The number of aryl methyl sites for hydroxylation is 1. The number of ether oxygens (including phenoxy) is 1. The van der Waals surface area contributed by atoms with Gasteiger partial charge in [-0.3, -0.25) is 14.9 Å². The van der Waals surface area contributed by atoms with Crippen LogP contribution in [-0.4, -0.2) is 77.8 Å². The normalized spacial score (nSPS) is 16.6. The number of anilines is 4. The number of nitrogens with zero attached hydrogens (tertiary/aromatic N) is 5. The average Bonchev–Trinajstić information content (AvgIpc) is 3.37. The van der Waals surface area contributed by atoms with E-state index in [9.17, 15) is 14.4 Å². The molecule has 40 heavy (non-hydrogen) atoms. The number of carbonyl (C=O) groups is 3. The Labute approximate surface area is 235 Å². The maximum Gasteiger partial charge on any atom is 0.347 e. The number of nitrogens with two attached hydrogens (primary N) is 1. The van der Waals surface area contributed by atoms with Crippen LogP contribution in [0, 0.1) is 6.92 Å². The number of carbonyl (C=O) groups excluding carboxylic acids is 3. The second-order valence-corrected chi connectivity index (χ2v) is 10.7. The molecule has 2 aliphatic heterocycles. The van der Waals surface area contributed by atoms with Crippen LogP contribution in [0.25, 0.3) is 0 Å². The molecule has 0 saturated carbocycles. The highest BCUT2D eigenvalue weighted by atomic mass is 32.1. The number of hydrogen-bond donors (Lipinski definition) is 3. The molecule has 208 valence electrons. The van der Waals surface area contributed by atoms with Gasteiger partial charge in [0.25, 0.3) is 11.8 Å². The minimum Gasteiger partial charge on any atom is -0.378 e. The standard InChI is InChI=1S/C27H30N8O4S/c1-17-14-30-27(40-17)33-26(38)32-20-3-2-8-35(16-20)23-13-22(21(15-29-23)24(28)36)31-19-6-4-18(5-7-19)25(37)34-9-11-39-12-10-34/h4-7,13-15H,2-3,8-12,16H2,1H3,(H2,28,36)(H,29,31)(H,30,33,38)/b32-20+. The first kappa shape index (κ1) is 27.2. The minimum absolute atomic E-state index is 0.0445. The molecule has 0 unspecified atom stereocenters. The van der Waals surface area contributed by atoms with Gasteiger partial charge in [-0.15, -0.1) is 11.3 Å². The van der Waals surface area contributed by atoms with E-state index in [1.165, 1.54) is 17.5 Å². The Hall–Kier alpha value is -4.36. The summed E-state index contributed by atoms with van der Waals surface area (Å²) in [6.45, 7) is 5.27. The topological polar surface area (TPSA) is 155 Å². The van der Waals surface area contributed by atoms with Crippen molar-refractivity contribution < 1.29 is 19.1 Å². The molecule has 2 aliphatic rings. The van der Waals surface area contributed by atoms with Crippen molar-refractivity contribution in [2.75, 3.05) is 54.9 Å². The summed E-state index contributed by atoms with van der Waals surface area (Å²) in [5.74, 6) is -0.0393. The summed E-state index contributed by atoms with van der Waals surface area (Å²) in [5.41, 5.74) is 8.35. The van der Waals surface area contributed by atoms with Crippen LogP contribution in [0.1, 0.15) is 38.4 Å². The molecule has 2 aromatic heterocycles. The highest BCUT2D eigenvalue weighted by molar-refractivity contribution is 7.15. The first-order valence-electron chi connectivity index (χ1n) is 12.9. The van der Waals surface area contributed by atoms with Crippen LogP contribution in [0.5, 0.6) is 0 Å². The van der Waals surface area contributed by atoms with E-state index in [0.717, 1.165) is 17.0 Å². The number of pyridine rings is 1. The van der Waals surface area contributed by atoms with Gasteiger partial charge in [0.05, 0.1) is 31.0 Å². The molecule has 13 heteroatoms. The van der Waals surface area contributed by atoms with Gasteiger partial charge in [0.1, 0.15) is 5.82 Å². The molecule has 4 N–H and O–H groups in total. The largest absolute Gasteiger partial charge is 0.378 e. The van der Waals surface area contributed by atoms with Crippen molar-refractivity contribution in [1.82, 2.24) is 14.9 Å². The zero-order valence-electron chi connectivity index (χ0n) is 22.1. The van der Waals surface area contributed by atoms with Crippen molar-refractivity contribution >= 4 is 57.2 Å². The maximum absolute atomic E-state index is 12.8. The Morgan fingerprint density at radius 2 is 1.85 bits per heavy atom. The van der Waals surface area contributed by atoms with Gasteiger partial charge in [-0.25, -0.2) is 19.8 Å². The fourth-order valence-corrected chi connectivity index (χ4v) is 5.19. The molecule has 5 rings (SSSR count). The quantitative estimate of drug-likeness (QED) is 0.413. The predicted molar refractivity (Wildman–Crippen MR) is 154 cm³/mol. The van der Waals surface area contributed by atoms with Crippen molar-refractivity contribution in [3.63, 3.8) is 0 Å². The van der Waals surface area contributed by atoms with E-state index in [0.29, 0.717) is 73.7 Å². The number of rotatable bonds is 6. The first-order valence-corrected chi connectivity index (χ1v) is 13.8. The average molecular weight is 563 g/mol. The van der Waals surface area contributed by atoms with Gasteiger partial charge in [0.15, 0.2) is 5.13 Å². The van der Waals surface area contributed by atoms with Crippen LogP contribution in [0.3, 0.4) is 0 Å². The number of piperidine rings is 1. The molecule has 0 atom stereocenters. The zero-order chi connectivity index (χ0) is 28.1. The molecular formula is C27H30N8O4S. The Morgan fingerprint density at radius 1 is 1.07 bits per heavy atom. The van der Waals surface area contributed by atoms with Gasteiger partial charge >= 0.3 is 6.03 Å². The fraction of sp³-hybridized carbons (Fsp3) is 0.333. The van der Waals surface area contributed by atoms with E-state index in [-0.39, 0.29) is 11.5 Å². The minimum atomic E-state index is -0.615. The lowest BCUT2D eigenvalue weighted by Crippen LogP contribution is -2.40. The molecule has 4 heterocycles. The Balaban J connectivity index is 1.29.